The number of carbonyl (C=O) groups is 1. The first-order chi connectivity index (χ1) is 11.6. The fraction of sp³-hybridized carbons (Fsp3) is 0.526. The van der Waals surface area contributed by atoms with E-state index in [0.717, 1.165) is 25.2 Å². The topological polar surface area (TPSA) is 23.6 Å². The van der Waals surface area contributed by atoms with Crippen LogP contribution in [0.15, 0.2) is 24.3 Å². The van der Waals surface area contributed by atoms with E-state index in [1.54, 1.807) is 0 Å². The van der Waals surface area contributed by atoms with Crippen LogP contribution in [0.2, 0.25) is 10.0 Å². The van der Waals surface area contributed by atoms with Crippen LogP contribution in [-0.2, 0) is 4.79 Å². The largest absolute Gasteiger partial charge is 0.340 e. The molecule has 2 heterocycles. The summed E-state index contributed by atoms with van der Waals surface area (Å²) in [5, 5.41) is 1.17. The van der Waals surface area contributed by atoms with Gasteiger partial charge >= 0.3 is 0 Å². The highest BCUT2D eigenvalue weighted by Gasteiger charge is 2.37. The third-order valence-electron chi connectivity index (χ3n) is 5.10. The lowest BCUT2D eigenvalue weighted by molar-refractivity contribution is -0.136. The molecular formula is C19H24Cl2N2O. The Kier molecular flexibility index (Phi) is 5.85. The Bertz CT molecular complexity index is 618. The summed E-state index contributed by atoms with van der Waals surface area (Å²) in [4.78, 5) is 16.7. The number of fused-ring (bicyclic) bond motifs is 2. The molecule has 130 valence electrons. The molecule has 1 aromatic rings. The van der Waals surface area contributed by atoms with E-state index in [4.69, 9.17) is 23.2 Å². The van der Waals surface area contributed by atoms with Crippen LogP contribution in [0.3, 0.4) is 0 Å². The fourth-order valence-electron chi connectivity index (χ4n) is 3.85. The zero-order valence-corrected chi connectivity index (χ0v) is 15.6. The summed E-state index contributed by atoms with van der Waals surface area (Å²) in [6, 6.07) is 6.67. The van der Waals surface area contributed by atoms with Gasteiger partial charge in [0.2, 0.25) is 5.91 Å². The lowest BCUT2D eigenvalue weighted by Crippen LogP contribution is -2.61. The molecule has 5 heteroatoms. The number of nitrogens with zero attached hydrogens (tertiary/aromatic N) is 2. The van der Waals surface area contributed by atoms with Gasteiger partial charge in [-0.25, -0.2) is 0 Å². The number of likely N-dealkylation sites (tertiary alicyclic amines) is 1. The SMILES string of the molecule is CCC(=O)N1C[C@H]2CCC[C@@H](C1)N2C/C=C/c1ccc(Cl)c(Cl)c1. The summed E-state index contributed by atoms with van der Waals surface area (Å²) in [5.74, 6) is 0.290. The van der Waals surface area contributed by atoms with Crippen molar-refractivity contribution in [2.45, 2.75) is 44.7 Å². The van der Waals surface area contributed by atoms with Gasteiger partial charge in [-0.05, 0) is 30.5 Å². The van der Waals surface area contributed by atoms with Crippen molar-refractivity contribution in [3.63, 3.8) is 0 Å². The highest BCUT2D eigenvalue weighted by atomic mass is 35.5. The van der Waals surface area contributed by atoms with Gasteiger partial charge in [-0.2, -0.15) is 0 Å². The van der Waals surface area contributed by atoms with Crippen molar-refractivity contribution in [3.05, 3.63) is 39.9 Å². The number of hydrogen-bond acceptors (Lipinski definition) is 2. The minimum absolute atomic E-state index is 0.290. The van der Waals surface area contributed by atoms with Gasteiger partial charge in [-0.1, -0.05) is 54.8 Å². The number of piperidine rings is 1. The standard InChI is InChI=1S/C19H24Cl2N2O/c1-2-19(24)22-12-15-6-3-7-16(13-22)23(15)10-4-5-14-8-9-17(20)18(21)11-14/h4-5,8-9,11,15-16H,2-3,6-7,10,12-13H2,1H3/b5-4+/t15-,16+. The van der Waals surface area contributed by atoms with E-state index in [1.807, 2.05) is 25.1 Å². The molecule has 1 aromatic carbocycles. The maximum atomic E-state index is 12.0. The summed E-state index contributed by atoms with van der Waals surface area (Å²) in [6.07, 6.45) is 8.55. The van der Waals surface area contributed by atoms with Gasteiger partial charge in [-0.3, -0.25) is 9.69 Å². The smallest absolute Gasteiger partial charge is 0.222 e. The van der Waals surface area contributed by atoms with Crippen molar-refractivity contribution in [3.8, 4) is 0 Å². The van der Waals surface area contributed by atoms with Crippen LogP contribution in [0, 0.1) is 0 Å². The molecule has 0 spiro atoms. The second-order valence-electron chi connectivity index (χ2n) is 6.66. The molecule has 0 aromatic heterocycles. The van der Waals surface area contributed by atoms with E-state index in [-0.39, 0.29) is 5.91 Å². The average Bonchev–Trinajstić information content (AvgIpc) is 2.57. The third kappa shape index (κ3) is 3.96. The number of halogens is 2. The number of benzene rings is 1. The molecule has 3 rings (SSSR count). The molecule has 0 N–H and O–H groups in total. The highest BCUT2D eigenvalue weighted by molar-refractivity contribution is 6.42. The normalized spacial score (nSPS) is 24.5. The summed E-state index contributed by atoms with van der Waals surface area (Å²) < 4.78 is 0. The molecule has 2 aliphatic rings. The molecule has 2 atom stereocenters. The first-order valence-corrected chi connectivity index (χ1v) is 9.49. The maximum absolute atomic E-state index is 12.0. The van der Waals surface area contributed by atoms with Crippen LogP contribution in [-0.4, -0.2) is 47.4 Å². The summed E-state index contributed by atoms with van der Waals surface area (Å²) in [6.45, 7) is 4.63. The summed E-state index contributed by atoms with van der Waals surface area (Å²) >= 11 is 12.0. The second-order valence-corrected chi connectivity index (χ2v) is 7.48. The highest BCUT2D eigenvalue weighted by Crippen LogP contribution is 2.29. The number of rotatable bonds is 4. The molecule has 24 heavy (non-hydrogen) atoms. The molecule has 2 saturated heterocycles. The van der Waals surface area contributed by atoms with E-state index >= 15 is 0 Å². The monoisotopic (exact) mass is 366 g/mol. The second kappa shape index (κ2) is 7.90. The van der Waals surface area contributed by atoms with Crippen LogP contribution in [0.25, 0.3) is 6.08 Å². The summed E-state index contributed by atoms with van der Waals surface area (Å²) in [7, 11) is 0. The maximum Gasteiger partial charge on any atom is 0.222 e. The minimum atomic E-state index is 0.290. The van der Waals surface area contributed by atoms with Crippen LogP contribution >= 0.6 is 23.2 Å². The first kappa shape index (κ1) is 17.8. The van der Waals surface area contributed by atoms with Crippen molar-refractivity contribution in [2.24, 2.45) is 0 Å². The van der Waals surface area contributed by atoms with E-state index in [2.05, 4.69) is 22.0 Å². The van der Waals surface area contributed by atoms with E-state index < -0.39 is 0 Å². The first-order valence-electron chi connectivity index (χ1n) is 8.73. The Morgan fingerprint density at radius 2 is 1.92 bits per heavy atom. The van der Waals surface area contributed by atoms with E-state index in [0.29, 0.717) is 28.5 Å². The number of carbonyl (C=O) groups excluding carboxylic acids is 1. The Morgan fingerprint density at radius 3 is 2.54 bits per heavy atom. The Balaban J connectivity index is 1.63. The zero-order chi connectivity index (χ0) is 17.1. The third-order valence-corrected chi connectivity index (χ3v) is 5.84. The average molecular weight is 367 g/mol. The van der Waals surface area contributed by atoms with Crippen LogP contribution in [0.4, 0.5) is 0 Å². The predicted molar refractivity (Wildman–Crippen MR) is 101 cm³/mol. The minimum Gasteiger partial charge on any atom is -0.340 e. The molecule has 0 saturated carbocycles. The number of amides is 1. The number of piperazine rings is 1. The van der Waals surface area contributed by atoms with Crippen molar-refractivity contribution in [2.75, 3.05) is 19.6 Å². The van der Waals surface area contributed by atoms with Crippen LogP contribution in [0.5, 0.6) is 0 Å². The van der Waals surface area contributed by atoms with Gasteiger partial charge < -0.3 is 4.90 Å². The molecule has 1 amide bonds. The summed E-state index contributed by atoms with van der Waals surface area (Å²) in [5.41, 5.74) is 1.06. The Morgan fingerprint density at radius 1 is 1.21 bits per heavy atom. The van der Waals surface area contributed by atoms with Crippen molar-refractivity contribution >= 4 is 35.2 Å². The van der Waals surface area contributed by atoms with Gasteiger partial charge in [0.1, 0.15) is 0 Å². The Hall–Kier alpha value is -1.03. The molecule has 0 radical (unpaired) electrons. The van der Waals surface area contributed by atoms with Gasteiger partial charge in [0.15, 0.2) is 0 Å². The molecule has 0 unspecified atom stereocenters. The fourth-order valence-corrected chi connectivity index (χ4v) is 4.15. The van der Waals surface area contributed by atoms with Crippen molar-refractivity contribution in [1.82, 2.24) is 9.80 Å². The Labute approximate surface area is 154 Å². The molecule has 3 nitrogen and oxygen atoms in total. The molecule has 0 aliphatic carbocycles. The van der Waals surface area contributed by atoms with Crippen LogP contribution in [0.1, 0.15) is 38.2 Å². The van der Waals surface area contributed by atoms with Gasteiger partial charge in [0, 0.05) is 38.1 Å². The predicted octanol–water partition coefficient (Wildman–Crippen LogP) is 4.48. The van der Waals surface area contributed by atoms with Crippen LogP contribution < -0.4 is 0 Å². The van der Waals surface area contributed by atoms with Gasteiger partial charge in [-0.15, -0.1) is 0 Å². The molecule has 2 aliphatic heterocycles. The van der Waals surface area contributed by atoms with Gasteiger partial charge in [0.05, 0.1) is 10.0 Å². The zero-order valence-electron chi connectivity index (χ0n) is 14.0. The van der Waals surface area contributed by atoms with Crippen molar-refractivity contribution in [1.29, 1.82) is 0 Å². The van der Waals surface area contributed by atoms with E-state index in [1.165, 1.54) is 19.3 Å². The quantitative estimate of drug-likeness (QED) is 0.783. The lowest BCUT2D eigenvalue weighted by Gasteiger charge is -2.50. The molecule has 2 fully saturated rings. The van der Waals surface area contributed by atoms with E-state index in [9.17, 15) is 4.79 Å². The van der Waals surface area contributed by atoms with Gasteiger partial charge in [0.25, 0.3) is 0 Å². The lowest BCUT2D eigenvalue weighted by atomic mass is 9.91. The molecular weight excluding hydrogens is 343 g/mol. The number of hydrogen-bond donors (Lipinski definition) is 0. The molecule has 2 bridgehead atoms. The van der Waals surface area contributed by atoms with Crippen molar-refractivity contribution < 1.29 is 4.79 Å².